The molecule has 0 bridgehead atoms. The Hall–Kier alpha value is -1.60. The van der Waals surface area contributed by atoms with Gasteiger partial charge in [-0.25, -0.2) is 0 Å². The molecule has 2 aromatic carbocycles. The molecule has 0 amide bonds. The highest BCUT2D eigenvalue weighted by molar-refractivity contribution is 5.40. The van der Waals surface area contributed by atoms with Crippen molar-refractivity contribution in [3.63, 3.8) is 0 Å². The second-order valence-electron chi connectivity index (χ2n) is 6.77. The molecule has 4 rings (SSSR count). The molecule has 0 fully saturated rings. The molecule has 0 radical (unpaired) electrons. The Kier molecular flexibility index (Phi) is 3.31. The summed E-state index contributed by atoms with van der Waals surface area (Å²) in [5, 5.41) is 0. The van der Waals surface area contributed by atoms with Gasteiger partial charge in [0.1, 0.15) is 0 Å². The summed E-state index contributed by atoms with van der Waals surface area (Å²) in [6.07, 6.45) is 6.02. The maximum atomic E-state index is 6.57. The predicted octanol–water partition coefficient (Wildman–Crippen LogP) is 3.85. The van der Waals surface area contributed by atoms with E-state index in [0.29, 0.717) is 17.9 Å². The third-order valence-electron chi connectivity index (χ3n) is 5.51. The van der Waals surface area contributed by atoms with Crippen LogP contribution in [0.5, 0.6) is 0 Å². The molecule has 0 saturated heterocycles. The van der Waals surface area contributed by atoms with Crippen molar-refractivity contribution in [3.8, 4) is 0 Å². The summed E-state index contributed by atoms with van der Waals surface area (Å²) in [5.41, 5.74) is 12.7. The average molecular weight is 277 g/mol. The van der Waals surface area contributed by atoms with Crippen LogP contribution in [-0.2, 0) is 19.3 Å². The van der Waals surface area contributed by atoms with E-state index in [-0.39, 0.29) is 0 Å². The molecule has 3 unspecified atom stereocenters. The van der Waals surface area contributed by atoms with Gasteiger partial charge >= 0.3 is 0 Å². The highest BCUT2D eigenvalue weighted by Gasteiger charge is 2.31. The van der Waals surface area contributed by atoms with Gasteiger partial charge in [-0.15, -0.1) is 0 Å². The number of hydrogen-bond acceptors (Lipinski definition) is 1. The van der Waals surface area contributed by atoms with Gasteiger partial charge in [-0.2, -0.15) is 0 Å². The third-order valence-corrected chi connectivity index (χ3v) is 5.51. The number of nitrogens with two attached hydrogens (primary N) is 1. The predicted molar refractivity (Wildman–Crippen MR) is 87.4 cm³/mol. The quantitative estimate of drug-likeness (QED) is 0.906. The second kappa shape index (κ2) is 5.31. The zero-order valence-electron chi connectivity index (χ0n) is 12.5. The van der Waals surface area contributed by atoms with Crippen LogP contribution in [-0.4, -0.2) is 6.04 Å². The number of rotatable bonds is 3. The van der Waals surface area contributed by atoms with Crippen LogP contribution in [0.2, 0.25) is 0 Å². The number of hydrogen-bond donors (Lipinski definition) is 1. The van der Waals surface area contributed by atoms with Gasteiger partial charge in [0, 0.05) is 6.04 Å². The molecule has 2 N–H and O–H groups in total. The molecule has 108 valence electrons. The van der Waals surface area contributed by atoms with Gasteiger partial charge < -0.3 is 5.73 Å². The second-order valence-corrected chi connectivity index (χ2v) is 6.77. The van der Waals surface area contributed by atoms with E-state index in [1.165, 1.54) is 42.4 Å². The summed E-state index contributed by atoms with van der Waals surface area (Å²) in [6, 6.07) is 18.1. The Balaban J connectivity index is 1.42. The third kappa shape index (κ3) is 2.40. The highest BCUT2D eigenvalue weighted by Crippen LogP contribution is 2.39. The topological polar surface area (TPSA) is 26.0 Å². The van der Waals surface area contributed by atoms with Crippen molar-refractivity contribution in [1.82, 2.24) is 0 Å². The van der Waals surface area contributed by atoms with Crippen LogP contribution < -0.4 is 5.73 Å². The van der Waals surface area contributed by atoms with Crippen molar-refractivity contribution in [1.29, 1.82) is 0 Å². The lowest BCUT2D eigenvalue weighted by atomic mass is 9.71. The normalized spacial score (nSPS) is 24.6. The van der Waals surface area contributed by atoms with Crippen LogP contribution in [0.1, 0.15) is 41.0 Å². The van der Waals surface area contributed by atoms with E-state index >= 15 is 0 Å². The van der Waals surface area contributed by atoms with Crippen LogP contribution in [0.3, 0.4) is 0 Å². The van der Waals surface area contributed by atoms with Crippen molar-refractivity contribution < 1.29 is 0 Å². The van der Waals surface area contributed by atoms with E-state index in [0.717, 1.165) is 6.42 Å². The largest absolute Gasteiger partial charge is 0.327 e. The summed E-state index contributed by atoms with van der Waals surface area (Å²) >= 11 is 0. The first-order chi connectivity index (χ1) is 10.3. The molecule has 0 aromatic heterocycles. The summed E-state index contributed by atoms with van der Waals surface area (Å²) in [7, 11) is 0. The Bertz CT molecular complexity index is 646. The fourth-order valence-electron chi connectivity index (χ4n) is 4.19. The minimum Gasteiger partial charge on any atom is -0.327 e. The van der Waals surface area contributed by atoms with Crippen molar-refractivity contribution in [3.05, 3.63) is 70.8 Å². The first-order valence-corrected chi connectivity index (χ1v) is 8.21. The maximum absolute atomic E-state index is 6.57. The van der Waals surface area contributed by atoms with E-state index in [4.69, 9.17) is 5.73 Å². The number of aryl methyl sites for hydroxylation is 1. The van der Waals surface area contributed by atoms with Crippen molar-refractivity contribution in [2.24, 2.45) is 11.7 Å². The Morgan fingerprint density at radius 1 is 0.905 bits per heavy atom. The number of benzene rings is 2. The Morgan fingerprint density at radius 2 is 1.62 bits per heavy atom. The lowest BCUT2D eigenvalue weighted by Gasteiger charge is -2.36. The average Bonchev–Trinajstić information content (AvgIpc) is 2.52. The van der Waals surface area contributed by atoms with Crippen LogP contribution in [0.4, 0.5) is 0 Å². The smallest absolute Gasteiger partial charge is 0.00763 e. The minimum atomic E-state index is 0.344. The molecule has 2 aliphatic carbocycles. The molecule has 0 saturated carbocycles. The molecule has 0 heterocycles. The Labute approximate surface area is 127 Å². The van der Waals surface area contributed by atoms with Gasteiger partial charge in [0.25, 0.3) is 0 Å². The minimum absolute atomic E-state index is 0.344. The zero-order chi connectivity index (χ0) is 14.2. The molecular weight excluding hydrogens is 254 g/mol. The maximum Gasteiger partial charge on any atom is 0.00763 e. The molecule has 2 aromatic rings. The first kappa shape index (κ1) is 13.1. The van der Waals surface area contributed by atoms with E-state index in [2.05, 4.69) is 48.5 Å². The molecular formula is C20H23N. The summed E-state index contributed by atoms with van der Waals surface area (Å²) < 4.78 is 0. The highest BCUT2D eigenvalue weighted by atomic mass is 14.7. The van der Waals surface area contributed by atoms with Crippen LogP contribution in [0.15, 0.2) is 48.5 Å². The van der Waals surface area contributed by atoms with Crippen molar-refractivity contribution >= 4 is 0 Å². The van der Waals surface area contributed by atoms with Gasteiger partial charge in [-0.05, 0) is 66.2 Å². The van der Waals surface area contributed by atoms with E-state index in [1.54, 1.807) is 5.56 Å². The standard InChI is InChI=1S/C20H23N/c21-20(13-18-12-16-7-3-4-8-19(16)18)17-10-9-14-5-1-2-6-15(14)11-17/h1-8,17-18,20H,9-13,21H2. The molecule has 1 nitrogen and oxygen atoms in total. The van der Waals surface area contributed by atoms with E-state index in [9.17, 15) is 0 Å². The van der Waals surface area contributed by atoms with Gasteiger partial charge in [-0.1, -0.05) is 48.5 Å². The van der Waals surface area contributed by atoms with Gasteiger partial charge in [0.2, 0.25) is 0 Å². The molecule has 1 heteroatoms. The fraction of sp³-hybridized carbons (Fsp3) is 0.400. The lowest BCUT2D eigenvalue weighted by Crippen LogP contribution is -2.37. The monoisotopic (exact) mass is 277 g/mol. The van der Waals surface area contributed by atoms with Crippen molar-refractivity contribution in [2.45, 2.75) is 44.1 Å². The van der Waals surface area contributed by atoms with E-state index in [1.807, 2.05) is 0 Å². The summed E-state index contributed by atoms with van der Waals surface area (Å²) in [4.78, 5) is 0. The van der Waals surface area contributed by atoms with Crippen molar-refractivity contribution in [2.75, 3.05) is 0 Å². The zero-order valence-corrected chi connectivity index (χ0v) is 12.5. The molecule has 21 heavy (non-hydrogen) atoms. The molecule has 0 spiro atoms. The van der Waals surface area contributed by atoms with E-state index < -0.39 is 0 Å². The van der Waals surface area contributed by atoms with Gasteiger partial charge in [0.15, 0.2) is 0 Å². The fourth-order valence-corrected chi connectivity index (χ4v) is 4.19. The lowest BCUT2D eigenvalue weighted by molar-refractivity contribution is 0.332. The van der Waals surface area contributed by atoms with Gasteiger partial charge in [0.05, 0.1) is 0 Å². The molecule has 0 aliphatic heterocycles. The Morgan fingerprint density at radius 3 is 2.43 bits per heavy atom. The summed E-state index contributed by atoms with van der Waals surface area (Å²) in [5.74, 6) is 1.36. The molecule has 3 atom stereocenters. The van der Waals surface area contributed by atoms with Gasteiger partial charge in [-0.3, -0.25) is 0 Å². The first-order valence-electron chi connectivity index (χ1n) is 8.21. The van der Waals surface area contributed by atoms with Crippen LogP contribution >= 0.6 is 0 Å². The van der Waals surface area contributed by atoms with Crippen LogP contribution in [0.25, 0.3) is 0 Å². The summed E-state index contributed by atoms with van der Waals surface area (Å²) in [6.45, 7) is 0. The number of fused-ring (bicyclic) bond motifs is 2. The van der Waals surface area contributed by atoms with Crippen LogP contribution in [0, 0.1) is 5.92 Å². The SMILES string of the molecule is NC(CC1Cc2ccccc21)C1CCc2ccccc2C1. The molecule has 2 aliphatic rings.